The summed E-state index contributed by atoms with van der Waals surface area (Å²) >= 11 is 1.56. The molecule has 23 heavy (non-hydrogen) atoms. The van der Waals surface area contributed by atoms with Gasteiger partial charge in [-0.15, -0.1) is 11.8 Å². The average molecular weight is 336 g/mol. The van der Waals surface area contributed by atoms with Crippen LogP contribution in [0.5, 0.6) is 0 Å². The van der Waals surface area contributed by atoms with Crippen molar-refractivity contribution in [2.45, 2.75) is 51.6 Å². The van der Waals surface area contributed by atoms with E-state index in [2.05, 4.69) is 36.9 Å². The molecule has 2 amide bonds. The van der Waals surface area contributed by atoms with Crippen LogP contribution in [0, 0.1) is 0 Å². The molecule has 0 saturated carbocycles. The third-order valence-corrected chi connectivity index (χ3v) is 5.23. The lowest BCUT2D eigenvalue weighted by atomic mass is 9.93. The van der Waals surface area contributed by atoms with Gasteiger partial charge in [-0.3, -0.25) is 9.59 Å². The first-order valence-corrected chi connectivity index (χ1v) is 9.20. The number of hydrogen-bond donors (Lipinski definition) is 1. The Bertz CT molecular complexity index is 620. The van der Waals surface area contributed by atoms with Crippen molar-refractivity contribution in [2.24, 2.45) is 0 Å². The van der Waals surface area contributed by atoms with Crippen LogP contribution in [0.4, 0.5) is 0 Å². The SMILES string of the molecule is CC(C)(C)c1cn2c(n1)CC[C@H](NC(=O)CN1CSCC1=O)C2. The molecule has 2 aliphatic rings. The van der Waals surface area contributed by atoms with Crippen LogP contribution >= 0.6 is 11.8 Å². The molecule has 1 aromatic rings. The van der Waals surface area contributed by atoms with Crippen molar-refractivity contribution < 1.29 is 9.59 Å². The number of amides is 2. The van der Waals surface area contributed by atoms with E-state index >= 15 is 0 Å². The number of aromatic nitrogens is 2. The van der Waals surface area contributed by atoms with Gasteiger partial charge >= 0.3 is 0 Å². The average Bonchev–Trinajstić information content (AvgIpc) is 3.05. The minimum Gasteiger partial charge on any atom is -0.350 e. The number of nitrogens with zero attached hydrogens (tertiary/aromatic N) is 3. The lowest BCUT2D eigenvalue weighted by Gasteiger charge is -2.25. The second-order valence-electron chi connectivity index (χ2n) is 7.32. The van der Waals surface area contributed by atoms with Gasteiger partial charge in [0.1, 0.15) is 12.4 Å². The molecule has 3 heterocycles. The Morgan fingerprint density at radius 3 is 2.91 bits per heavy atom. The van der Waals surface area contributed by atoms with Crippen molar-refractivity contribution in [1.82, 2.24) is 19.8 Å². The molecule has 0 aromatic carbocycles. The zero-order valence-corrected chi connectivity index (χ0v) is 14.8. The highest BCUT2D eigenvalue weighted by Crippen LogP contribution is 2.24. The lowest BCUT2D eigenvalue weighted by molar-refractivity contribution is -0.132. The van der Waals surface area contributed by atoms with Crippen LogP contribution in [0.3, 0.4) is 0 Å². The standard InChI is InChI=1S/C16H24N4O2S/c1-16(2,3)12-7-19-6-11(4-5-13(19)18-12)17-14(21)8-20-10-23-9-15(20)22/h7,11H,4-6,8-10H2,1-3H3,(H,17,21)/t11-/m0/s1. The molecule has 0 radical (unpaired) electrons. The van der Waals surface area contributed by atoms with Crippen molar-refractivity contribution >= 4 is 23.6 Å². The third kappa shape index (κ3) is 3.71. The first-order valence-electron chi connectivity index (χ1n) is 8.04. The highest BCUT2D eigenvalue weighted by atomic mass is 32.2. The molecule has 0 bridgehead atoms. The number of nitrogens with one attached hydrogen (secondary N) is 1. The van der Waals surface area contributed by atoms with E-state index < -0.39 is 0 Å². The Labute approximate surface area is 141 Å². The smallest absolute Gasteiger partial charge is 0.239 e. The van der Waals surface area contributed by atoms with Gasteiger partial charge in [-0.1, -0.05) is 20.8 Å². The summed E-state index contributed by atoms with van der Waals surface area (Å²) in [6, 6.07) is 0.113. The Morgan fingerprint density at radius 2 is 2.26 bits per heavy atom. The van der Waals surface area contributed by atoms with Crippen LogP contribution in [-0.2, 0) is 28.0 Å². The number of carbonyl (C=O) groups is 2. The summed E-state index contributed by atoms with van der Waals surface area (Å²) in [5, 5.41) is 3.06. The van der Waals surface area contributed by atoms with Gasteiger partial charge in [-0.25, -0.2) is 4.98 Å². The fourth-order valence-corrected chi connectivity index (χ4v) is 3.81. The van der Waals surface area contributed by atoms with Gasteiger partial charge in [0.2, 0.25) is 11.8 Å². The Hall–Kier alpha value is -1.50. The fourth-order valence-electron chi connectivity index (χ4n) is 2.91. The van der Waals surface area contributed by atoms with Gasteiger partial charge in [0, 0.05) is 30.6 Å². The van der Waals surface area contributed by atoms with Crippen molar-refractivity contribution in [1.29, 1.82) is 0 Å². The topological polar surface area (TPSA) is 67.2 Å². The van der Waals surface area contributed by atoms with Crippen LogP contribution in [0.2, 0.25) is 0 Å². The second-order valence-corrected chi connectivity index (χ2v) is 8.27. The maximum atomic E-state index is 12.2. The molecule has 1 saturated heterocycles. The van der Waals surface area contributed by atoms with Gasteiger partial charge in [-0.05, 0) is 6.42 Å². The summed E-state index contributed by atoms with van der Waals surface area (Å²) in [5.74, 6) is 2.21. The first kappa shape index (κ1) is 16.4. The quantitative estimate of drug-likeness (QED) is 0.899. The fraction of sp³-hybridized carbons (Fsp3) is 0.688. The van der Waals surface area contributed by atoms with Crippen LogP contribution < -0.4 is 5.32 Å². The Kier molecular flexibility index (Phi) is 4.40. The molecule has 6 nitrogen and oxygen atoms in total. The van der Waals surface area contributed by atoms with E-state index in [1.54, 1.807) is 16.7 Å². The van der Waals surface area contributed by atoms with E-state index in [0.29, 0.717) is 11.6 Å². The first-order chi connectivity index (χ1) is 10.8. The molecule has 0 unspecified atom stereocenters. The summed E-state index contributed by atoms with van der Waals surface area (Å²) in [4.78, 5) is 30.1. The molecular formula is C16H24N4O2S. The zero-order chi connectivity index (χ0) is 16.6. The number of imidazole rings is 1. The summed E-state index contributed by atoms with van der Waals surface area (Å²) < 4.78 is 2.16. The predicted octanol–water partition coefficient (Wildman–Crippen LogP) is 1.14. The largest absolute Gasteiger partial charge is 0.350 e. The van der Waals surface area contributed by atoms with E-state index in [-0.39, 0.29) is 29.8 Å². The normalized spacial score (nSPS) is 21.4. The highest BCUT2D eigenvalue weighted by Gasteiger charge is 2.27. The monoisotopic (exact) mass is 336 g/mol. The Morgan fingerprint density at radius 1 is 1.48 bits per heavy atom. The van der Waals surface area contributed by atoms with Crippen molar-refractivity contribution in [3.05, 3.63) is 17.7 Å². The second kappa shape index (κ2) is 6.19. The summed E-state index contributed by atoms with van der Waals surface area (Å²) in [5.41, 5.74) is 1.14. The van der Waals surface area contributed by atoms with Crippen molar-refractivity contribution in [3.63, 3.8) is 0 Å². The molecule has 1 aromatic heterocycles. The molecular weight excluding hydrogens is 312 g/mol. The molecule has 0 aliphatic carbocycles. The van der Waals surface area contributed by atoms with Crippen LogP contribution in [0.1, 0.15) is 38.7 Å². The third-order valence-electron chi connectivity index (χ3n) is 4.29. The minimum atomic E-state index is -0.0644. The number of thioether (sulfide) groups is 1. The summed E-state index contributed by atoms with van der Waals surface area (Å²) in [6.45, 7) is 7.40. The van der Waals surface area contributed by atoms with Crippen LogP contribution in [0.25, 0.3) is 0 Å². The predicted molar refractivity (Wildman–Crippen MR) is 90.2 cm³/mol. The molecule has 2 aliphatic heterocycles. The number of fused-ring (bicyclic) bond motifs is 1. The van der Waals surface area contributed by atoms with E-state index in [4.69, 9.17) is 4.98 Å². The molecule has 7 heteroatoms. The van der Waals surface area contributed by atoms with Gasteiger partial charge in [0.25, 0.3) is 0 Å². The van der Waals surface area contributed by atoms with E-state index in [1.807, 2.05) is 0 Å². The number of carbonyl (C=O) groups excluding carboxylic acids is 2. The maximum absolute atomic E-state index is 12.2. The molecule has 126 valence electrons. The maximum Gasteiger partial charge on any atom is 0.239 e. The van der Waals surface area contributed by atoms with E-state index in [0.717, 1.165) is 30.9 Å². The number of aryl methyl sites for hydroxylation is 1. The summed E-state index contributed by atoms with van der Waals surface area (Å²) in [7, 11) is 0. The van der Waals surface area contributed by atoms with Crippen molar-refractivity contribution in [2.75, 3.05) is 18.2 Å². The van der Waals surface area contributed by atoms with Gasteiger partial charge in [0.15, 0.2) is 0 Å². The van der Waals surface area contributed by atoms with Gasteiger partial charge in [-0.2, -0.15) is 0 Å². The van der Waals surface area contributed by atoms with E-state index in [1.165, 1.54) is 0 Å². The van der Waals surface area contributed by atoms with E-state index in [9.17, 15) is 9.59 Å². The Balaban J connectivity index is 1.58. The highest BCUT2D eigenvalue weighted by molar-refractivity contribution is 8.00. The van der Waals surface area contributed by atoms with Gasteiger partial charge < -0.3 is 14.8 Å². The van der Waals surface area contributed by atoms with Crippen LogP contribution in [-0.4, -0.2) is 50.5 Å². The molecule has 0 spiro atoms. The molecule has 1 N–H and O–H groups in total. The zero-order valence-electron chi connectivity index (χ0n) is 14.0. The summed E-state index contributed by atoms with van der Waals surface area (Å²) in [6.07, 6.45) is 3.88. The molecule has 1 atom stereocenters. The number of rotatable bonds is 3. The minimum absolute atomic E-state index is 0.0386. The number of hydrogen-bond acceptors (Lipinski definition) is 4. The molecule has 3 rings (SSSR count). The van der Waals surface area contributed by atoms with Gasteiger partial charge in [0.05, 0.1) is 17.3 Å². The van der Waals surface area contributed by atoms with Crippen molar-refractivity contribution in [3.8, 4) is 0 Å². The lowest BCUT2D eigenvalue weighted by Crippen LogP contribution is -2.45. The molecule has 1 fully saturated rings. The van der Waals surface area contributed by atoms with Crippen LogP contribution in [0.15, 0.2) is 6.20 Å².